The molecule has 3 heterocycles. The number of likely N-dealkylation sites (tertiary alicyclic amines) is 1. The number of sulfone groups is 1. The minimum atomic E-state index is -5.87. The summed E-state index contributed by atoms with van der Waals surface area (Å²) >= 11 is 6.26. The Kier molecular flexibility index (Phi) is 5.90. The minimum Gasteiger partial charge on any atom is -0.376 e. The lowest BCUT2D eigenvalue weighted by molar-refractivity contribution is -0.0500. The molecule has 1 aromatic heterocycles. The van der Waals surface area contributed by atoms with Crippen LogP contribution >= 0.6 is 11.6 Å². The molecular formula is C18H19ClF3N5O5S2. The van der Waals surface area contributed by atoms with Gasteiger partial charge < -0.3 is 19.7 Å². The van der Waals surface area contributed by atoms with E-state index in [9.17, 15) is 30.0 Å². The molecule has 0 atom stereocenters. The highest BCUT2D eigenvalue weighted by molar-refractivity contribution is 7.90. The van der Waals surface area contributed by atoms with Crippen LogP contribution in [0.25, 0.3) is 0 Å². The number of nitrogen functional groups attached to an aromatic ring is 1. The second-order valence-electron chi connectivity index (χ2n) is 8.27. The first-order valence-electron chi connectivity index (χ1n) is 9.71. The fourth-order valence-corrected chi connectivity index (χ4v) is 5.40. The number of aromatic nitrogens is 2. The van der Waals surface area contributed by atoms with Crippen LogP contribution in [0.1, 0.15) is 5.56 Å². The predicted octanol–water partition coefficient (Wildman–Crippen LogP) is 1.69. The lowest BCUT2D eigenvalue weighted by Gasteiger charge is -2.48. The Morgan fingerprint density at radius 2 is 1.88 bits per heavy atom. The number of alkyl halides is 3. The molecule has 0 amide bonds. The molecular weight excluding hydrogens is 523 g/mol. The fraction of sp³-hybridized carbons (Fsp3) is 0.444. The molecule has 0 radical (unpaired) electrons. The van der Waals surface area contributed by atoms with E-state index >= 15 is 0 Å². The molecule has 1 aromatic carbocycles. The van der Waals surface area contributed by atoms with Gasteiger partial charge in [-0.3, -0.25) is 0 Å². The predicted molar refractivity (Wildman–Crippen MR) is 118 cm³/mol. The number of fused-ring (bicyclic) bond motifs is 2. The van der Waals surface area contributed by atoms with Crippen molar-refractivity contribution < 1.29 is 34.2 Å². The molecule has 0 bridgehead atoms. The summed E-state index contributed by atoms with van der Waals surface area (Å²) in [5.74, 6) is -0.449. The topological polar surface area (TPSA) is 136 Å². The minimum absolute atomic E-state index is 0.0179. The van der Waals surface area contributed by atoms with E-state index in [1.165, 1.54) is 18.3 Å². The molecule has 16 heteroatoms. The molecule has 1 fully saturated rings. The Labute approximate surface area is 198 Å². The second kappa shape index (κ2) is 8.10. The van der Waals surface area contributed by atoms with Gasteiger partial charge in [0.25, 0.3) is 0 Å². The summed E-state index contributed by atoms with van der Waals surface area (Å²) in [6.45, 7) is 1.54. The summed E-state index contributed by atoms with van der Waals surface area (Å²) < 4.78 is 88.7. The van der Waals surface area contributed by atoms with Crippen molar-refractivity contribution in [3.8, 4) is 5.75 Å². The Hall–Kier alpha value is -2.36. The van der Waals surface area contributed by atoms with Crippen LogP contribution in [-0.2, 0) is 25.4 Å². The molecule has 0 aliphatic carbocycles. The standard InChI is InChI=1S/C18H19ClF3N5O5S2/c1-33(28,29)5-4-26-8-17(9-26)10-27(15-13(19)7-24-16(23)25-15)14-6-11(2-3-12(14)17)32-34(30,31)18(20,21)22/h2-3,6-7H,4-5,8-10H2,1H3,(H2,23,24,25). The van der Waals surface area contributed by atoms with Crippen LogP contribution in [0.15, 0.2) is 24.4 Å². The van der Waals surface area contributed by atoms with Gasteiger partial charge in [0.05, 0.1) is 17.6 Å². The maximum atomic E-state index is 12.8. The highest BCUT2D eigenvalue weighted by Gasteiger charge is 2.52. The van der Waals surface area contributed by atoms with E-state index in [-0.39, 0.29) is 22.5 Å². The average Bonchev–Trinajstić information content (AvgIpc) is 3.00. The van der Waals surface area contributed by atoms with Gasteiger partial charge in [0, 0.05) is 43.9 Å². The van der Waals surface area contributed by atoms with Gasteiger partial charge in [0.1, 0.15) is 20.6 Å². The third-order valence-electron chi connectivity index (χ3n) is 5.61. The largest absolute Gasteiger partial charge is 0.534 e. The summed E-state index contributed by atoms with van der Waals surface area (Å²) in [6, 6.07) is 3.80. The first-order valence-corrected chi connectivity index (χ1v) is 13.6. The molecule has 186 valence electrons. The van der Waals surface area contributed by atoms with Crippen molar-refractivity contribution in [1.29, 1.82) is 0 Å². The summed E-state index contributed by atoms with van der Waals surface area (Å²) in [4.78, 5) is 11.5. The van der Waals surface area contributed by atoms with Crippen LogP contribution < -0.4 is 14.8 Å². The second-order valence-corrected chi connectivity index (χ2v) is 12.5. The van der Waals surface area contributed by atoms with Crippen molar-refractivity contribution in [3.63, 3.8) is 0 Å². The van der Waals surface area contributed by atoms with E-state index in [1.54, 1.807) is 4.90 Å². The molecule has 0 unspecified atom stereocenters. The molecule has 2 N–H and O–H groups in total. The van der Waals surface area contributed by atoms with Gasteiger partial charge in [-0.25, -0.2) is 13.4 Å². The number of rotatable bonds is 6. The summed E-state index contributed by atoms with van der Waals surface area (Å²) in [7, 11) is -9.03. The lowest BCUT2D eigenvalue weighted by atomic mass is 9.75. The van der Waals surface area contributed by atoms with Crippen molar-refractivity contribution in [3.05, 3.63) is 35.0 Å². The molecule has 34 heavy (non-hydrogen) atoms. The number of anilines is 3. The van der Waals surface area contributed by atoms with E-state index in [1.807, 2.05) is 4.90 Å². The zero-order valence-corrected chi connectivity index (χ0v) is 20.0. The zero-order chi connectivity index (χ0) is 25.1. The van der Waals surface area contributed by atoms with Crippen LogP contribution in [0.3, 0.4) is 0 Å². The highest BCUT2D eigenvalue weighted by atomic mass is 35.5. The molecule has 1 saturated heterocycles. The summed E-state index contributed by atoms with van der Waals surface area (Å²) in [5, 5.41) is 0.125. The number of halogens is 4. The van der Waals surface area contributed by atoms with Gasteiger partial charge in [-0.15, -0.1) is 0 Å². The summed E-state index contributed by atoms with van der Waals surface area (Å²) in [5.41, 5.74) is 0.629. The van der Waals surface area contributed by atoms with E-state index in [2.05, 4.69) is 14.2 Å². The third-order valence-corrected chi connectivity index (χ3v) is 7.78. The highest BCUT2D eigenvalue weighted by Crippen LogP contribution is 2.51. The van der Waals surface area contributed by atoms with Crippen molar-refractivity contribution >= 4 is 49.0 Å². The van der Waals surface area contributed by atoms with E-state index < -0.39 is 36.6 Å². The SMILES string of the molecule is CS(=O)(=O)CCN1CC2(C1)CN(c1nc(N)ncc1Cl)c1cc(OS(=O)(=O)C(F)(F)F)ccc12. The summed E-state index contributed by atoms with van der Waals surface area (Å²) in [6.07, 6.45) is 2.42. The first-order chi connectivity index (χ1) is 15.6. The van der Waals surface area contributed by atoms with Crippen LogP contribution in [0.5, 0.6) is 5.75 Å². The van der Waals surface area contributed by atoms with Crippen LogP contribution in [-0.4, -0.2) is 75.4 Å². The van der Waals surface area contributed by atoms with Gasteiger partial charge in [-0.2, -0.15) is 26.6 Å². The molecule has 4 rings (SSSR count). The Balaban J connectivity index is 1.71. The van der Waals surface area contributed by atoms with Gasteiger partial charge in [-0.1, -0.05) is 17.7 Å². The zero-order valence-electron chi connectivity index (χ0n) is 17.6. The molecule has 2 aromatic rings. The number of hydrogen-bond acceptors (Lipinski definition) is 10. The lowest BCUT2D eigenvalue weighted by Crippen LogP contribution is -2.61. The Morgan fingerprint density at radius 3 is 2.50 bits per heavy atom. The van der Waals surface area contributed by atoms with E-state index in [0.29, 0.717) is 37.4 Å². The van der Waals surface area contributed by atoms with Gasteiger partial charge in [0.2, 0.25) is 5.95 Å². The van der Waals surface area contributed by atoms with E-state index in [0.717, 1.165) is 12.3 Å². The fourth-order valence-electron chi connectivity index (χ4n) is 4.16. The smallest absolute Gasteiger partial charge is 0.376 e. The van der Waals surface area contributed by atoms with Gasteiger partial charge in [-0.05, 0) is 11.6 Å². The average molecular weight is 542 g/mol. The molecule has 1 spiro atoms. The molecule has 0 saturated carbocycles. The van der Waals surface area contributed by atoms with Gasteiger partial charge in [0.15, 0.2) is 5.82 Å². The van der Waals surface area contributed by atoms with Crippen molar-refractivity contribution in [2.24, 2.45) is 0 Å². The number of nitrogens with zero attached hydrogens (tertiary/aromatic N) is 4. The normalized spacial score (nSPS) is 18.1. The molecule has 10 nitrogen and oxygen atoms in total. The van der Waals surface area contributed by atoms with Crippen molar-refractivity contribution in [2.75, 3.05) is 48.8 Å². The number of hydrogen-bond donors (Lipinski definition) is 1. The van der Waals surface area contributed by atoms with Crippen LogP contribution in [0, 0.1) is 0 Å². The monoisotopic (exact) mass is 541 g/mol. The Bertz CT molecular complexity index is 1350. The number of nitrogens with two attached hydrogens (primary N) is 1. The maximum Gasteiger partial charge on any atom is 0.534 e. The van der Waals surface area contributed by atoms with Crippen molar-refractivity contribution in [1.82, 2.24) is 14.9 Å². The third kappa shape index (κ3) is 4.61. The molecule has 2 aliphatic heterocycles. The first kappa shape index (κ1) is 24.8. The maximum absolute atomic E-state index is 12.8. The van der Waals surface area contributed by atoms with Crippen molar-refractivity contribution in [2.45, 2.75) is 10.9 Å². The molecule has 2 aliphatic rings. The quantitative estimate of drug-likeness (QED) is 0.425. The van der Waals surface area contributed by atoms with Crippen LogP contribution in [0.4, 0.5) is 30.6 Å². The van der Waals surface area contributed by atoms with Gasteiger partial charge >= 0.3 is 15.6 Å². The van der Waals surface area contributed by atoms with Crippen LogP contribution in [0.2, 0.25) is 5.02 Å². The Morgan fingerprint density at radius 1 is 1.21 bits per heavy atom. The van der Waals surface area contributed by atoms with E-state index in [4.69, 9.17) is 17.3 Å². The number of benzene rings is 1.